The molecule has 0 saturated carbocycles. The molecule has 0 N–H and O–H groups in total. The van der Waals surface area contributed by atoms with E-state index in [0.717, 1.165) is 5.82 Å². The van der Waals surface area contributed by atoms with Crippen molar-refractivity contribution in [3.63, 3.8) is 0 Å². The molecule has 0 spiro atoms. The fourth-order valence-electron chi connectivity index (χ4n) is 0.630. The highest BCUT2D eigenvalue weighted by molar-refractivity contribution is 5.00. The Morgan fingerprint density at radius 1 is 1.40 bits per heavy atom. The predicted octanol–water partition coefficient (Wildman–Crippen LogP) is 1.57. The van der Waals surface area contributed by atoms with E-state index < -0.39 is 0 Å². The topological polar surface area (TPSA) is 25.8 Å². The first kappa shape index (κ1) is 7.19. The summed E-state index contributed by atoms with van der Waals surface area (Å²) in [5.74, 6) is 0.843. The van der Waals surface area contributed by atoms with Crippen molar-refractivity contribution < 1.29 is 0 Å². The van der Waals surface area contributed by atoms with Crippen molar-refractivity contribution in [2.45, 2.75) is 26.2 Å². The van der Waals surface area contributed by atoms with Crippen molar-refractivity contribution in [1.82, 2.24) is 9.97 Å². The second kappa shape index (κ2) is 2.37. The fraction of sp³-hybridized carbons (Fsp3) is 0.500. The monoisotopic (exact) mass is 135 g/mol. The van der Waals surface area contributed by atoms with Crippen LogP contribution in [-0.4, -0.2) is 9.97 Å². The summed E-state index contributed by atoms with van der Waals surface area (Å²) in [6, 6.07) is 1.70. The van der Waals surface area contributed by atoms with Crippen LogP contribution in [0.3, 0.4) is 0 Å². The molecule has 1 aromatic heterocycles. The first-order valence-electron chi connectivity index (χ1n) is 3.30. The third-order valence-corrected chi connectivity index (χ3v) is 1.19. The summed E-state index contributed by atoms with van der Waals surface area (Å²) in [6.45, 7) is 6.24. The van der Waals surface area contributed by atoms with E-state index in [9.17, 15) is 0 Å². The molecular formula is C8H11N2. The van der Waals surface area contributed by atoms with Crippen LogP contribution in [0.5, 0.6) is 0 Å². The van der Waals surface area contributed by atoms with E-state index in [4.69, 9.17) is 0 Å². The maximum atomic E-state index is 4.11. The quantitative estimate of drug-likeness (QED) is 0.539. The average molecular weight is 135 g/mol. The molecule has 0 aliphatic rings. The molecule has 0 aliphatic carbocycles. The third-order valence-electron chi connectivity index (χ3n) is 1.19. The smallest absolute Gasteiger partial charge is 0.134 e. The predicted molar refractivity (Wildman–Crippen MR) is 39.6 cm³/mol. The maximum Gasteiger partial charge on any atom is 0.134 e. The van der Waals surface area contributed by atoms with Crippen LogP contribution < -0.4 is 0 Å². The van der Waals surface area contributed by atoms with Gasteiger partial charge in [0.05, 0.1) is 6.20 Å². The Kier molecular flexibility index (Phi) is 1.70. The van der Waals surface area contributed by atoms with Gasteiger partial charge in [-0.1, -0.05) is 20.8 Å². The van der Waals surface area contributed by atoms with E-state index in [1.807, 2.05) is 0 Å². The molecule has 53 valence electrons. The van der Waals surface area contributed by atoms with Crippen LogP contribution in [0, 0.1) is 6.20 Å². The lowest BCUT2D eigenvalue weighted by atomic mass is 9.96. The molecule has 2 nitrogen and oxygen atoms in total. The van der Waals surface area contributed by atoms with Crippen LogP contribution in [0.2, 0.25) is 0 Å². The van der Waals surface area contributed by atoms with Gasteiger partial charge in [-0.3, -0.25) is 0 Å². The summed E-state index contributed by atoms with van der Waals surface area (Å²) in [6.07, 6.45) is 4.47. The van der Waals surface area contributed by atoms with Gasteiger partial charge in [0.2, 0.25) is 0 Å². The van der Waals surface area contributed by atoms with E-state index in [1.54, 1.807) is 12.3 Å². The normalized spacial score (nSPS) is 11.5. The number of nitrogens with zero attached hydrogens (tertiary/aromatic N) is 2. The lowest BCUT2D eigenvalue weighted by molar-refractivity contribution is 0.544. The minimum Gasteiger partial charge on any atom is -0.241 e. The first-order valence-corrected chi connectivity index (χ1v) is 3.30. The van der Waals surface area contributed by atoms with Gasteiger partial charge >= 0.3 is 0 Å². The molecule has 1 aromatic rings. The Hall–Kier alpha value is -0.920. The number of aromatic nitrogens is 2. The van der Waals surface area contributed by atoms with Crippen LogP contribution in [0.25, 0.3) is 0 Å². The maximum absolute atomic E-state index is 4.11. The highest BCUT2D eigenvalue weighted by atomic mass is 14.9. The van der Waals surface area contributed by atoms with Gasteiger partial charge in [0.15, 0.2) is 0 Å². The summed E-state index contributed by atoms with van der Waals surface area (Å²) in [7, 11) is 0. The van der Waals surface area contributed by atoms with Gasteiger partial charge in [-0.25, -0.2) is 9.97 Å². The molecule has 2 heteroatoms. The summed E-state index contributed by atoms with van der Waals surface area (Å²) >= 11 is 0. The fourth-order valence-corrected chi connectivity index (χ4v) is 0.630. The molecule has 0 aliphatic heterocycles. The van der Waals surface area contributed by atoms with E-state index in [2.05, 4.69) is 36.9 Å². The standard InChI is InChI=1S/C8H11N2/c1-8(2,3)7-9-5-4-6-10-7/h4-5H,1-3H3. The Bertz CT molecular complexity index is 198. The molecular weight excluding hydrogens is 124 g/mol. The summed E-state index contributed by atoms with van der Waals surface area (Å²) in [5.41, 5.74) is 0.0394. The van der Waals surface area contributed by atoms with Crippen molar-refractivity contribution in [3.05, 3.63) is 24.3 Å². The second-order valence-electron chi connectivity index (χ2n) is 3.26. The van der Waals surface area contributed by atoms with E-state index in [-0.39, 0.29) is 5.41 Å². The summed E-state index contributed by atoms with van der Waals surface area (Å²) < 4.78 is 0. The first-order chi connectivity index (χ1) is 4.61. The molecule has 1 heterocycles. The second-order valence-corrected chi connectivity index (χ2v) is 3.26. The van der Waals surface area contributed by atoms with Crippen LogP contribution in [0.4, 0.5) is 0 Å². The van der Waals surface area contributed by atoms with Crippen molar-refractivity contribution >= 4 is 0 Å². The Labute approximate surface area is 61.3 Å². The molecule has 0 amide bonds. The molecule has 10 heavy (non-hydrogen) atoms. The van der Waals surface area contributed by atoms with Crippen LogP contribution in [0.1, 0.15) is 26.6 Å². The molecule has 0 aromatic carbocycles. The van der Waals surface area contributed by atoms with Gasteiger partial charge in [-0.05, 0) is 6.07 Å². The summed E-state index contributed by atoms with van der Waals surface area (Å²) in [5, 5.41) is 0. The zero-order valence-corrected chi connectivity index (χ0v) is 6.55. The van der Waals surface area contributed by atoms with Crippen LogP contribution in [0.15, 0.2) is 12.3 Å². The largest absolute Gasteiger partial charge is 0.241 e. The average Bonchev–Trinajstić information content (AvgIpc) is 1.88. The van der Waals surface area contributed by atoms with E-state index in [1.165, 1.54) is 0 Å². The SMILES string of the molecule is CC(C)(C)c1n[c]ccn1. The minimum absolute atomic E-state index is 0.0394. The molecule has 1 radical (unpaired) electrons. The molecule has 0 fully saturated rings. The van der Waals surface area contributed by atoms with Gasteiger partial charge in [0.25, 0.3) is 0 Å². The van der Waals surface area contributed by atoms with E-state index in [0.29, 0.717) is 0 Å². The molecule has 0 bridgehead atoms. The van der Waals surface area contributed by atoms with Crippen molar-refractivity contribution in [2.24, 2.45) is 0 Å². The minimum atomic E-state index is 0.0394. The van der Waals surface area contributed by atoms with Gasteiger partial charge in [0, 0.05) is 11.6 Å². The third kappa shape index (κ3) is 1.53. The van der Waals surface area contributed by atoms with E-state index >= 15 is 0 Å². The Morgan fingerprint density at radius 2 is 2.10 bits per heavy atom. The number of hydrogen-bond acceptors (Lipinski definition) is 2. The lowest BCUT2D eigenvalue weighted by Gasteiger charge is -2.14. The number of rotatable bonds is 0. The van der Waals surface area contributed by atoms with Crippen LogP contribution in [-0.2, 0) is 5.41 Å². The molecule has 0 unspecified atom stereocenters. The highest BCUT2D eigenvalue weighted by Crippen LogP contribution is 2.15. The Balaban J connectivity index is 2.97. The molecule has 0 atom stereocenters. The van der Waals surface area contributed by atoms with Gasteiger partial charge in [-0.2, -0.15) is 0 Å². The van der Waals surface area contributed by atoms with Gasteiger partial charge in [-0.15, -0.1) is 0 Å². The van der Waals surface area contributed by atoms with Gasteiger partial charge < -0.3 is 0 Å². The van der Waals surface area contributed by atoms with Gasteiger partial charge in [0.1, 0.15) is 5.82 Å². The summed E-state index contributed by atoms with van der Waals surface area (Å²) in [4.78, 5) is 8.12. The highest BCUT2D eigenvalue weighted by Gasteiger charge is 2.15. The van der Waals surface area contributed by atoms with Crippen molar-refractivity contribution in [2.75, 3.05) is 0 Å². The zero-order valence-electron chi connectivity index (χ0n) is 6.55. The molecule has 1 rings (SSSR count). The lowest BCUT2D eigenvalue weighted by Crippen LogP contribution is -2.15. The van der Waals surface area contributed by atoms with Crippen LogP contribution >= 0.6 is 0 Å². The molecule has 0 saturated heterocycles. The van der Waals surface area contributed by atoms with Crippen molar-refractivity contribution in [1.29, 1.82) is 0 Å². The van der Waals surface area contributed by atoms with Crippen molar-refractivity contribution in [3.8, 4) is 0 Å². The number of hydrogen-bond donors (Lipinski definition) is 0. The zero-order chi connectivity index (χ0) is 7.61. The Morgan fingerprint density at radius 3 is 2.40 bits per heavy atom.